The first-order valence-corrected chi connectivity index (χ1v) is 19.2. The molecule has 0 amide bonds. The lowest BCUT2D eigenvalue weighted by Crippen LogP contribution is -2.74. The van der Waals surface area contributed by atoms with E-state index in [0.29, 0.717) is 0 Å². The Bertz CT molecular complexity index is 1940. The molecule has 0 radical (unpaired) electrons. The first-order valence-electron chi connectivity index (χ1n) is 19.2. The van der Waals surface area contributed by atoms with Crippen LogP contribution in [0.4, 0.5) is 149 Å². The second-order valence-corrected chi connectivity index (χ2v) is 15.6. The van der Waals surface area contributed by atoms with E-state index in [2.05, 4.69) is 14.8 Å². The molecule has 0 aliphatic carbocycles. The summed E-state index contributed by atoms with van der Waals surface area (Å²) >= 11 is 0. The van der Waals surface area contributed by atoms with Gasteiger partial charge in [-0.2, -0.15) is 149 Å². The number of halogens is 34. The summed E-state index contributed by atoms with van der Waals surface area (Å²) in [5.41, 5.74) is -1.94. The summed E-state index contributed by atoms with van der Waals surface area (Å²) in [6.45, 7) is 0.545. The van der Waals surface area contributed by atoms with E-state index >= 15 is 0 Å². The van der Waals surface area contributed by atoms with Crippen molar-refractivity contribution in [3.8, 4) is 0 Å². The van der Waals surface area contributed by atoms with Crippen LogP contribution in [0.5, 0.6) is 0 Å². The molecule has 5 nitrogen and oxygen atoms in total. The predicted molar refractivity (Wildman–Crippen MR) is 173 cm³/mol. The van der Waals surface area contributed by atoms with Crippen LogP contribution in [0, 0.1) is 5.92 Å². The van der Waals surface area contributed by atoms with Gasteiger partial charge < -0.3 is 14.8 Å². The highest BCUT2D eigenvalue weighted by molar-refractivity contribution is 5.97. The third kappa shape index (κ3) is 10.5. The molecule has 1 heterocycles. The minimum atomic E-state index is -8.86. The maximum absolute atomic E-state index is 14.3. The fraction of sp³-hybridized carbons (Fsp3) is 0.829. The van der Waals surface area contributed by atoms with Crippen molar-refractivity contribution in [1.29, 1.82) is 0 Å². The van der Waals surface area contributed by atoms with Crippen LogP contribution >= 0.6 is 0 Å². The van der Waals surface area contributed by atoms with E-state index in [-0.39, 0.29) is 11.4 Å². The van der Waals surface area contributed by atoms with Crippen molar-refractivity contribution < 1.29 is 168 Å². The van der Waals surface area contributed by atoms with Gasteiger partial charge in [-0.1, -0.05) is 6.92 Å². The predicted octanol–water partition coefficient (Wildman–Crippen LogP) is 14.6. The maximum Gasteiger partial charge on any atom is 0.460 e. The second-order valence-electron chi connectivity index (χ2n) is 15.6. The molecule has 39 heteroatoms. The topological polar surface area (TPSA) is 64.6 Å². The van der Waals surface area contributed by atoms with Gasteiger partial charge in [0, 0.05) is 30.2 Å². The fourth-order valence-corrected chi connectivity index (χ4v) is 6.17. The maximum atomic E-state index is 14.3. The number of nitrogens with one attached hydrogen (secondary N) is 1. The lowest BCUT2D eigenvalue weighted by Gasteiger charge is -2.42. The lowest BCUT2D eigenvalue weighted by molar-refractivity contribution is -0.461. The Labute approximate surface area is 388 Å². The number of unbranched alkanes of at least 4 members (excludes halogenated alkanes) is 2. The molecule has 1 aliphatic rings. The normalized spacial score (nSPS) is 17.0. The summed E-state index contributed by atoms with van der Waals surface area (Å²) in [6.07, 6.45) is -28.1. The van der Waals surface area contributed by atoms with Gasteiger partial charge in [0.2, 0.25) is 0 Å². The monoisotopic (exact) mass is 1170 g/mol. The Kier molecular flexibility index (Phi) is 18.6. The molecule has 0 unspecified atom stereocenters. The number of hydrogen-bond acceptors (Lipinski definition) is 5. The van der Waals surface area contributed by atoms with E-state index in [0.717, 1.165) is 20.8 Å². The zero-order valence-electron chi connectivity index (χ0n) is 35.9. The summed E-state index contributed by atoms with van der Waals surface area (Å²) in [4.78, 5) is 25.8. The molecular weight excluding hydrogens is 1140 g/mol. The van der Waals surface area contributed by atoms with Crippen LogP contribution < -0.4 is 5.32 Å². The van der Waals surface area contributed by atoms with E-state index < -0.39 is 182 Å². The molecule has 0 aromatic heterocycles. The molecule has 1 aliphatic heterocycles. The molecule has 0 saturated heterocycles. The largest absolute Gasteiger partial charge is 0.462 e. The number of dihydropyridines is 1. The molecule has 0 spiro atoms. The minimum Gasteiger partial charge on any atom is -0.462 e. The van der Waals surface area contributed by atoms with Gasteiger partial charge >= 0.3 is 107 Å². The van der Waals surface area contributed by atoms with Gasteiger partial charge in [0.25, 0.3) is 0 Å². The molecule has 0 saturated carbocycles. The molecule has 1 N–H and O–H groups in total. The number of esters is 2. The highest BCUT2D eigenvalue weighted by atomic mass is 19.4. The minimum absolute atomic E-state index is 0.290. The van der Waals surface area contributed by atoms with Crippen molar-refractivity contribution >= 4 is 11.9 Å². The number of alkyl halides is 34. The standard InChI is InChI=1S/C35H29F34NO4/c1-4-15-16(18(71)73-11-7-5-9-20(36,37)22(40,41)24(44,45)26(48,49)28(52,53)30(56,57)32(60,61)34(64,65)66)13(2)70-14(3)17(15)19(72)74-12-8-6-10-21(38,39)23(42,43)25(46,47)27(50,51)29(54,55)31(58,59)33(62,63)35(67,68)69/h15,70H,4-12H2,1-3H3. The lowest BCUT2D eigenvalue weighted by atomic mass is 9.83. The fourth-order valence-electron chi connectivity index (χ4n) is 6.17. The number of allylic oxidation sites excluding steroid dienone is 2. The van der Waals surface area contributed by atoms with Gasteiger partial charge in [0.1, 0.15) is 0 Å². The summed E-state index contributed by atoms with van der Waals surface area (Å²) in [6, 6.07) is 0. The van der Waals surface area contributed by atoms with Crippen molar-refractivity contribution in [2.75, 3.05) is 13.2 Å². The molecule has 1 rings (SSSR count). The SMILES string of the molecule is CCC1C(C(=O)OCCCCC(F)(F)C(F)(F)C(F)(F)C(F)(F)C(F)(F)C(F)(F)C(F)(F)C(F)(F)F)=C(C)NC(C)=C1C(=O)OCCCCC(F)(F)C(F)(F)C(F)(F)C(F)(F)C(F)(F)C(F)(F)C(F)(F)C(F)(F)F. The highest BCUT2D eigenvalue weighted by Crippen LogP contribution is 2.66. The number of ether oxygens (including phenoxy) is 2. The van der Waals surface area contributed by atoms with E-state index in [9.17, 15) is 159 Å². The Morgan fingerprint density at radius 2 is 0.581 bits per heavy atom. The number of hydrogen-bond donors (Lipinski definition) is 1. The Balaban J connectivity index is 3.11. The van der Waals surface area contributed by atoms with E-state index in [4.69, 9.17) is 0 Å². The number of rotatable bonds is 25. The van der Waals surface area contributed by atoms with Crippen molar-refractivity contribution in [2.45, 2.75) is 161 Å². The number of carbonyl (C=O) groups excluding carboxylic acids is 2. The third-order valence-electron chi connectivity index (χ3n) is 10.5. The van der Waals surface area contributed by atoms with E-state index in [1.807, 2.05) is 0 Å². The molecule has 0 atom stereocenters. The van der Waals surface area contributed by atoms with Gasteiger partial charge in [-0.15, -0.1) is 0 Å². The van der Waals surface area contributed by atoms with Gasteiger partial charge in [0.15, 0.2) is 0 Å². The van der Waals surface area contributed by atoms with Gasteiger partial charge in [-0.25, -0.2) is 9.59 Å². The van der Waals surface area contributed by atoms with Crippen molar-refractivity contribution in [3.05, 3.63) is 22.5 Å². The van der Waals surface area contributed by atoms with Crippen LogP contribution in [0.1, 0.15) is 65.7 Å². The second kappa shape index (κ2) is 20.3. The van der Waals surface area contributed by atoms with E-state index in [1.165, 1.54) is 0 Å². The molecule has 0 aromatic carbocycles. The molecule has 0 fully saturated rings. The van der Waals surface area contributed by atoms with Gasteiger partial charge in [-0.05, 0) is 46.0 Å². The average Bonchev–Trinajstić information content (AvgIpc) is 3.20. The highest BCUT2D eigenvalue weighted by Gasteiger charge is 2.97. The number of carbonyl (C=O) groups is 2. The molecule has 0 bridgehead atoms. The van der Waals surface area contributed by atoms with E-state index in [1.54, 1.807) is 0 Å². The van der Waals surface area contributed by atoms with Crippen LogP contribution in [0.15, 0.2) is 22.5 Å². The van der Waals surface area contributed by atoms with Gasteiger partial charge in [-0.3, -0.25) is 0 Å². The zero-order valence-corrected chi connectivity index (χ0v) is 35.9. The summed E-state index contributed by atoms with van der Waals surface area (Å²) in [5, 5.41) is 2.34. The Morgan fingerprint density at radius 1 is 0.365 bits per heavy atom. The zero-order chi connectivity index (χ0) is 59.5. The molecule has 74 heavy (non-hydrogen) atoms. The van der Waals surface area contributed by atoms with Crippen molar-refractivity contribution in [2.24, 2.45) is 5.92 Å². The smallest absolute Gasteiger partial charge is 0.460 e. The summed E-state index contributed by atoms with van der Waals surface area (Å²) in [5.74, 6) is -121. The Morgan fingerprint density at radius 3 is 0.797 bits per heavy atom. The van der Waals surface area contributed by atoms with Crippen LogP contribution in [0.25, 0.3) is 0 Å². The first-order chi connectivity index (χ1) is 32.3. The quantitative estimate of drug-likeness (QED) is 0.0561. The summed E-state index contributed by atoms with van der Waals surface area (Å²) in [7, 11) is 0. The van der Waals surface area contributed by atoms with Crippen LogP contribution in [0.3, 0.4) is 0 Å². The third-order valence-corrected chi connectivity index (χ3v) is 10.5. The van der Waals surface area contributed by atoms with Crippen LogP contribution in [0.2, 0.25) is 0 Å². The first kappa shape index (κ1) is 67.9. The summed E-state index contributed by atoms with van der Waals surface area (Å²) < 4.78 is 469. The molecular formula is C35H29F34NO4. The van der Waals surface area contributed by atoms with Crippen molar-refractivity contribution in [3.63, 3.8) is 0 Å². The van der Waals surface area contributed by atoms with Crippen molar-refractivity contribution in [1.82, 2.24) is 5.32 Å². The molecule has 0 aromatic rings. The van der Waals surface area contributed by atoms with Gasteiger partial charge in [0.05, 0.1) is 24.4 Å². The van der Waals surface area contributed by atoms with Crippen LogP contribution in [-0.2, 0) is 19.1 Å². The van der Waals surface area contributed by atoms with Crippen LogP contribution in [-0.4, -0.2) is 120 Å². The molecule has 436 valence electrons. The Hall–Kier alpha value is -4.16. The average molecular weight is 1170 g/mol.